The van der Waals surface area contributed by atoms with Crippen molar-refractivity contribution < 1.29 is 18.0 Å². The van der Waals surface area contributed by atoms with Gasteiger partial charge < -0.3 is 11.1 Å². The second-order valence-electron chi connectivity index (χ2n) is 9.16. The molecule has 2 heterocycles. The maximum Gasteiger partial charge on any atom is 0.254 e. The van der Waals surface area contributed by atoms with Gasteiger partial charge in [-0.05, 0) is 58.2 Å². The lowest BCUT2D eigenvalue weighted by molar-refractivity contribution is -0.121. The highest BCUT2D eigenvalue weighted by molar-refractivity contribution is 7.89. The number of primary amides is 1. The molecule has 1 aromatic carbocycles. The number of rotatable bonds is 8. The number of sulfonamides is 1. The van der Waals surface area contributed by atoms with Crippen molar-refractivity contribution in [3.63, 3.8) is 0 Å². The SMILES string of the molecule is Cc1nc2c(C(N)=O)cnn2c(C)c1CCC(=O)NCc1ccccc1S(=O)(=O)NC(C)(C)C. The molecule has 0 saturated heterocycles. The average Bonchev–Trinajstić information content (AvgIpc) is 3.14. The number of aryl methyl sites for hydroxylation is 2. The molecule has 182 valence electrons. The second kappa shape index (κ2) is 9.51. The van der Waals surface area contributed by atoms with E-state index in [0.717, 1.165) is 11.3 Å². The number of benzene rings is 1. The zero-order valence-electron chi connectivity index (χ0n) is 20.0. The summed E-state index contributed by atoms with van der Waals surface area (Å²) in [5.41, 5.74) is 8.18. The van der Waals surface area contributed by atoms with Gasteiger partial charge in [0.15, 0.2) is 5.65 Å². The normalized spacial score (nSPS) is 12.1. The summed E-state index contributed by atoms with van der Waals surface area (Å²) in [6.07, 6.45) is 1.96. The summed E-state index contributed by atoms with van der Waals surface area (Å²) in [5, 5.41) is 7.00. The van der Waals surface area contributed by atoms with Crippen LogP contribution in [-0.4, -0.2) is 40.4 Å². The van der Waals surface area contributed by atoms with E-state index in [4.69, 9.17) is 5.73 Å². The molecule has 3 rings (SSSR count). The molecule has 0 atom stereocenters. The molecule has 0 radical (unpaired) electrons. The van der Waals surface area contributed by atoms with Gasteiger partial charge in [0.25, 0.3) is 5.91 Å². The Morgan fingerprint density at radius 1 is 1.15 bits per heavy atom. The Bertz CT molecular complexity index is 1360. The van der Waals surface area contributed by atoms with Crippen LogP contribution in [0.4, 0.5) is 0 Å². The fourth-order valence-corrected chi connectivity index (χ4v) is 5.40. The number of aromatic nitrogens is 3. The molecule has 0 aliphatic heterocycles. The highest BCUT2D eigenvalue weighted by Crippen LogP contribution is 2.20. The van der Waals surface area contributed by atoms with Gasteiger partial charge in [0.1, 0.15) is 5.56 Å². The van der Waals surface area contributed by atoms with Crippen LogP contribution in [0.1, 0.15) is 60.1 Å². The minimum atomic E-state index is -3.74. The summed E-state index contributed by atoms with van der Waals surface area (Å²) in [4.78, 5) is 28.7. The molecule has 2 aromatic heterocycles. The quantitative estimate of drug-likeness (QED) is 0.442. The van der Waals surface area contributed by atoms with Crippen molar-refractivity contribution in [3.05, 3.63) is 58.5 Å². The van der Waals surface area contributed by atoms with Gasteiger partial charge in [0, 0.05) is 29.9 Å². The van der Waals surface area contributed by atoms with Crippen molar-refractivity contribution in [1.29, 1.82) is 0 Å². The summed E-state index contributed by atoms with van der Waals surface area (Å²) >= 11 is 0. The molecule has 2 amide bonds. The van der Waals surface area contributed by atoms with Gasteiger partial charge in [0.2, 0.25) is 15.9 Å². The van der Waals surface area contributed by atoms with Gasteiger partial charge in [-0.25, -0.2) is 22.6 Å². The van der Waals surface area contributed by atoms with Gasteiger partial charge in [-0.3, -0.25) is 9.59 Å². The van der Waals surface area contributed by atoms with Crippen LogP contribution in [0.25, 0.3) is 5.65 Å². The number of nitrogens with one attached hydrogen (secondary N) is 2. The fourth-order valence-electron chi connectivity index (χ4n) is 3.74. The van der Waals surface area contributed by atoms with Crippen LogP contribution >= 0.6 is 0 Å². The molecule has 0 bridgehead atoms. The zero-order valence-corrected chi connectivity index (χ0v) is 20.8. The Morgan fingerprint density at radius 2 is 1.82 bits per heavy atom. The molecule has 11 heteroatoms. The number of fused-ring (bicyclic) bond motifs is 1. The molecular formula is C23H30N6O4S. The minimum absolute atomic E-state index is 0.0798. The molecule has 0 aliphatic rings. The van der Waals surface area contributed by atoms with Crippen LogP contribution in [0.2, 0.25) is 0 Å². The van der Waals surface area contributed by atoms with Gasteiger partial charge in [-0.2, -0.15) is 5.10 Å². The monoisotopic (exact) mass is 486 g/mol. The van der Waals surface area contributed by atoms with Crippen molar-refractivity contribution >= 4 is 27.5 Å². The van der Waals surface area contributed by atoms with Crippen LogP contribution in [0.15, 0.2) is 35.4 Å². The highest BCUT2D eigenvalue weighted by Gasteiger charge is 2.24. The van der Waals surface area contributed by atoms with Gasteiger partial charge >= 0.3 is 0 Å². The third kappa shape index (κ3) is 5.60. The number of carbonyl (C=O) groups is 2. The summed E-state index contributed by atoms with van der Waals surface area (Å²) < 4.78 is 29.7. The molecule has 0 aliphatic carbocycles. The minimum Gasteiger partial charge on any atom is -0.365 e. The third-order valence-corrected chi connectivity index (χ3v) is 7.11. The summed E-state index contributed by atoms with van der Waals surface area (Å²) in [7, 11) is -3.74. The van der Waals surface area contributed by atoms with Crippen LogP contribution in [0.5, 0.6) is 0 Å². The average molecular weight is 487 g/mol. The van der Waals surface area contributed by atoms with E-state index in [2.05, 4.69) is 20.1 Å². The summed E-state index contributed by atoms with van der Waals surface area (Å²) in [6.45, 7) is 9.03. The number of nitrogens with two attached hydrogens (primary N) is 1. The van der Waals surface area contributed by atoms with Crippen LogP contribution < -0.4 is 15.8 Å². The van der Waals surface area contributed by atoms with Gasteiger partial charge in [0.05, 0.1) is 11.1 Å². The summed E-state index contributed by atoms with van der Waals surface area (Å²) in [6, 6.07) is 6.58. The molecule has 4 N–H and O–H groups in total. The molecule has 0 spiro atoms. The van der Waals surface area contributed by atoms with E-state index in [1.165, 1.54) is 12.3 Å². The number of carbonyl (C=O) groups excluding carboxylic acids is 2. The molecule has 0 fully saturated rings. The number of hydrogen-bond donors (Lipinski definition) is 3. The topological polar surface area (TPSA) is 149 Å². The largest absolute Gasteiger partial charge is 0.365 e. The first-order chi connectivity index (χ1) is 15.8. The number of amides is 2. The van der Waals surface area contributed by atoms with Gasteiger partial charge in [-0.1, -0.05) is 18.2 Å². The molecule has 0 unspecified atom stereocenters. The Kier molecular flexibility index (Phi) is 7.08. The fraction of sp³-hybridized carbons (Fsp3) is 0.391. The van der Waals surface area contributed by atoms with Crippen LogP contribution in [0.3, 0.4) is 0 Å². The second-order valence-corrected chi connectivity index (χ2v) is 10.8. The maximum atomic E-state index is 12.8. The van der Waals surface area contributed by atoms with E-state index in [1.807, 2.05) is 6.92 Å². The lowest BCUT2D eigenvalue weighted by atomic mass is 10.1. The Balaban J connectivity index is 1.71. The van der Waals surface area contributed by atoms with Crippen molar-refractivity contribution in [2.75, 3.05) is 0 Å². The molecule has 34 heavy (non-hydrogen) atoms. The molecule has 3 aromatic rings. The molecule has 0 saturated carbocycles. The van der Waals surface area contributed by atoms with Crippen molar-refractivity contribution in [1.82, 2.24) is 24.6 Å². The predicted octanol–water partition coefficient (Wildman–Crippen LogP) is 1.77. The van der Waals surface area contributed by atoms with Crippen LogP contribution in [0, 0.1) is 13.8 Å². The van der Waals surface area contributed by atoms with E-state index >= 15 is 0 Å². The maximum absolute atomic E-state index is 12.8. The van der Waals surface area contributed by atoms with Crippen LogP contribution in [-0.2, 0) is 27.8 Å². The molecular weight excluding hydrogens is 456 g/mol. The first-order valence-electron chi connectivity index (χ1n) is 10.8. The van der Waals surface area contributed by atoms with Gasteiger partial charge in [-0.15, -0.1) is 0 Å². The van der Waals surface area contributed by atoms with Crippen molar-refractivity contribution in [2.45, 2.75) is 64.4 Å². The Hall–Kier alpha value is -3.31. The zero-order chi connectivity index (χ0) is 25.3. The van der Waals surface area contributed by atoms with Crippen molar-refractivity contribution in [3.8, 4) is 0 Å². The standard InChI is InChI=1S/C23H30N6O4S/c1-14-17(15(2)29-22(27-14)18(13-26-29)21(24)31)10-11-20(30)25-12-16-8-6-7-9-19(16)34(32,33)28-23(3,4)5/h6-9,13,28H,10-12H2,1-5H3,(H2,24,31)(H,25,30). The highest BCUT2D eigenvalue weighted by atomic mass is 32.2. The predicted molar refractivity (Wildman–Crippen MR) is 128 cm³/mol. The molecule has 10 nitrogen and oxygen atoms in total. The Labute approximate surface area is 199 Å². The number of hydrogen-bond acceptors (Lipinski definition) is 6. The van der Waals surface area contributed by atoms with Crippen molar-refractivity contribution in [2.24, 2.45) is 5.73 Å². The number of nitrogens with zero attached hydrogens (tertiary/aromatic N) is 3. The van der Waals surface area contributed by atoms with E-state index in [0.29, 0.717) is 23.3 Å². The first-order valence-corrected chi connectivity index (χ1v) is 12.3. The summed E-state index contributed by atoms with van der Waals surface area (Å²) in [5.74, 6) is -0.832. The third-order valence-electron chi connectivity index (χ3n) is 5.25. The van der Waals surface area contributed by atoms with E-state index < -0.39 is 21.5 Å². The smallest absolute Gasteiger partial charge is 0.254 e. The van der Waals surface area contributed by atoms with E-state index in [-0.39, 0.29) is 29.3 Å². The van der Waals surface area contributed by atoms with E-state index in [9.17, 15) is 18.0 Å². The van der Waals surface area contributed by atoms with E-state index in [1.54, 1.807) is 50.4 Å². The Morgan fingerprint density at radius 3 is 2.47 bits per heavy atom. The lowest BCUT2D eigenvalue weighted by Gasteiger charge is -2.21. The lowest BCUT2D eigenvalue weighted by Crippen LogP contribution is -2.41. The first kappa shape index (κ1) is 25.3.